The maximum absolute atomic E-state index is 12.8. The highest BCUT2D eigenvalue weighted by Gasteiger charge is 2.29. The standard InChI is InChI=1S/C13H15FN2O3/c1-19-13(18)9-3-2-6-16(8-9)12(17)11-5-4-10(14)7-15-11/h4-5,7,9H,2-3,6,8H2,1H3. The van der Waals surface area contributed by atoms with E-state index in [-0.39, 0.29) is 23.5 Å². The van der Waals surface area contributed by atoms with Crippen LogP contribution in [0.4, 0.5) is 4.39 Å². The predicted octanol–water partition coefficient (Wildman–Crippen LogP) is 1.25. The first-order chi connectivity index (χ1) is 9.11. The van der Waals surface area contributed by atoms with Crippen molar-refractivity contribution in [2.45, 2.75) is 12.8 Å². The maximum Gasteiger partial charge on any atom is 0.310 e. The first-order valence-corrected chi connectivity index (χ1v) is 6.10. The van der Waals surface area contributed by atoms with Crippen LogP contribution in [0.25, 0.3) is 0 Å². The third kappa shape index (κ3) is 3.07. The number of aromatic nitrogens is 1. The highest BCUT2D eigenvalue weighted by molar-refractivity contribution is 5.92. The molecule has 1 aromatic rings. The fourth-order valence-electron chi connectivity index (χ4n) is 2.18. The monoisotopic (exact) mass is 266 g/mol. The number of nitrogens with zero attached hydrogens (tertiary/aromatic N) is 2. The van der Waals surface area contributed by atoms with E-state index in [0.29, 0.717) is 19.5 Å². The molecule has 5 nitrogen and oxygen atoms in total. The van der Waals surface area contributed by atoms with Crippen LogP contribution in [0.5, 0.6) is 0 Å². The molecule has 102 valence electrons. The fourth-order valence-corrected chi connectivity index (χ4v) is 2.18. The van der Waals surface area contributed by atoms with Crippen molar-refractivity contribution in [3.8, 4) is 0 Å². The van der Waals surface area contributed by atoms with Gasteiger partial charge in [-0.25, -0.2) is 9.37 Å². The number of carbonyl (C=O) groups is 2. The number of ether oxygens (including phenoxy) is 1. The molecule has 1 amide bonds. The molecular weight excluding hydrogens is 251 g/mol. The van der Waals surface area contributed by atoms with E-state index in [1.165, 1.54) is 19.2 Å². The van der Waals surface area contributed by atoms with E-state index < -0.39 is 5.82 Å². The zero-order valence-electron chi connectivity index (χ0n) is 10.6. The molecule has 1 aliphatic rings. The molecule has 0 aromatic carbocycles. The Bertz CT molecular complexity index is 475. The molecule has 2 rings (SSSR count). The zero-order valence-corrected chi connectivity index (χ0v) is 10.6. The molecule has 1 fully saturated rings. The molecule has 19 heavy (non-hydrogen) atoms. The van der Waals surface area contributed by atoms with E-state index >= 15 is 0 Å². The molecule has 0 radical (unpaired) electrons. The van der Waals surface area contributed by atoms with Gasteiger partial charge in [0.05, 0.1) is 19.2 Å². The molecule has 6 heteroatoms. The van der Waals surface area contributed by atoms with Crippen LogP contribution in [0.3, 0.4) is 0 Å². The Hall–Kier alpha value is -1.98. The third-order valence-corrected chi connectivity index (χ3v) is 3.19. The van der Waals surface area contributed by atoms with Gasteiger partial charge in [-0.1, -0.05) is 0 Å². The number of rotatable bonds is 2. The second-order valence-electron chi connectivity index (χ2n) is 4.48. The lowest BCUT2D eigenvalue weighted by Crippen LogP contribution is -2.42. The van der Waals surface area contributed by atoms with Crippen molar-refractivity contribution in [3.05, 3.63) is 29.8 Å². The Kier molecular flexibility index (Phi) is 4.09. The fraction of sp³-hybridized carbons (Fsp3) is 0.462. The Morgan fingerprint density at radius 2 is 2.26 bits per heavy atom. The molecule has 0 aliphatic carbocycles. The Morgan fingerprint density at radius 3 is 2.89 bits per heavy atom. The number of hydrogen-bond acceptors (Lipinski definition) is 4. The summed E-state index contributed by atoms with van der Waals surface area (Å²) < 4.78 is 17.5. The largest absolute Gasteiger partial charge is 0.469 e. The number of esters is 1. The smallest absolute Gasteiger partial charge is 0.310 e. The topological polar surface area (TPSA) is 59.5 Å². The quantitative estimate of drug-likeness (QED) is 0.756. The molecule has 2 heterocycles. The Morgan fingerprint density at radius 1 is 1.47 bits per heavy atom. The zero-order chi connectivity index (χ0) is 13.8. The van der Waals surface area contributed by atoms with Gasteiger partial charge in [0.2, 0.25) is 0 Å². The van der Waals surface area contributed by atoms with Crippen molar-refractivity contribution >= 4 is 11.9 Å². The summed E-state index contributed by atoms with van der Waals surface area (Å²) in [6, 6.07) is 2.54. The average Bonchev–Trinajstić information content (AvgIpc) is 2.46. The third-order valence-electron chi connectivity index (χ3n) is 3.19. The molecular formula is C13H15FN2O3. The van der Waals surface area contributed by atoms with Crippen LogP contribution in [0, 0.1) is 11.7 Å². The maximum atomic E-state index is 12.8. The number of methoxy groups -OCH3 is 1. The van der Waals surface area contributed by atoms with E-state index in [0.717, 1.165) is 12.6 Å². The van der Waals surface area contributed by atoms with Gasteiger partial charge >= 0.3 is 5.97 Å². The summed E-state index contributed by atoms with van der Waals surface area (Å²) in [6.45, 7) is 0.899. The Balaban J connectivity index is 2.06. The predicted molar refractivity (Wildman–Crippen MR) is 64.8 cm³/mol. The second-order valence-corrected chi connectivity index (χ2v) is 4.48. The Labute approximate surface area is 110 Å². The van der Waals surface area contributed by atoms with Crippen molar-refractivity contribution in [1.29, 1.82) is 0 Å². The highest BCUT2D eigenvalue weighted by atomic mass is 19.1. The first kappa shape index (κ1) is 13.5. The van der Waals surface area contributed by atoms with Crippen molar-refractivity contribution in [2.24, 2.45) is 5.92 Å². The molecule has 0 saturated carbocycles. The van der Waals surface area contributed by atoms with Gasteiger partial charge in [0.15, 0.2) is 0 Å². The first-order valence-electron chi connectivity index (χ1n) is 6.10. The average molecular weight is 266 g/mol. The SMILES string of the molecule is COC(=O)C1CCCN(C(=O)c2ccc(F)cn2)C1. The number of piperidine rings is 1. The minimum absolute atomic E-state index is 0.187. The number of amides is 1. The summed E-state index contributed by atoms with van der Waals surface area (Å²) in [4.78, 5) is 29.0. The number of halogens is 1. The lowest BCUT2D eigenvalue weighted by molar-refractivity contribution is -0.146. The van der Waals surface area contributed by atoms with Crippen molar-refractivity contribution in [3.63, 3.8) is 0 Å². The van der Waals surface area contributed by atoms with Gasteiger partial charge in [-0.15, -0.1) is 0 Å². The van der Waals surface area contributed by atoms with Crippen LogP contribution in [0.1, 0.15) is 23.3 Å². The van der Waals surface area contributed by atoms with Gasteiger partial charge in [0.25, 0.3) is 5.91 Å². The van der Waals surface area contributed by atoms with E-state index in [4.69, 9.17) is 4.74 Å². The lowest BCUT2D eigenvalue weighted by Gasteiger charge is -2.31. The molecule has 1 aromatic heterocycles. The molecule has 1 atom stereocenters. The van der Waals surface area contributed by atoms with E-state index in [2.05, 4.69) is 4.98 Å². The van der Waals surface area contributed by atoms with Crippen LogP contribution >= 0.6 is 0 Å². The summed E-state index contributed by atoms with van der Waals surface area (Å²) in [6.07, 6.45) is 2.47. The van der Waals surface area contributed by atoms with Crippen molar-refractivity contribution < 1.29 is 18.7 Å². The van der Waals surface area contributed by atoms with Gasteiger partial charge < -0.3 is 9.64 Å². The summed E-state index contributed by atoms with van der Waals surface area (Å²) >= 11 is 0. The van der Waals surface area contributed by atoms with Crippen LogP contribution in [0.15, 0.2) is 18.3 Å². The highest BCUT2D eigenvalue weighted by Crippen LogP contribution is 2.19. The molecule has 1 saturated heterocycles. The van der Waals surface area contributed by atoms with E-state index in [9.17, 15) is 14.0 Å². The van der Waals surface area contributed by atoms with Crippen LogP contribution < -0.4 is 0 Å². The van der Waals surface area contributed by atoms with Crippen LogP contribution in [-0.2, 0) is 9.53 Å². The number of carbonyl (C=O) groups excluding carboxylic acids is 2. The molecule has 0 N–H and O–H groups in total. The normalized spacial score (nSPS) is 19.1. The number of hydrogen-bond donors (Lipinski definition) is 0. The minimum atomic E-state index is -0.484. The molecule has 1 aliphatic heterocycles. The van der Waals surface area contributed by atoms with Gasteiger partial charge in [-0.05, 0) is 25.0 Å². The van der Waals surface area contributed by atoms with E-state index in [1.54, 1.807) is 4.90 Å². The minimum Gasteiger partial charge on any atom is -0.469 e. The van der Waals surface area contributed by atoms with Gasteiger partial charge in [-0.3, -0.25) is 9.59 Å². The molecule has 0 spiro atoms. The summed E-state index contributed by atoms with van der Waals surface area (Å²) in [5, 5.41) is 0. The summed E-state index contributed by atoms with van der Waals surface area (Å²) in [5.41, 5.74) is 0.187. The molecule has 0 bridgehead atoms. The van der Waals surface area contributed by atoms with Gasteiger partial charge in [0.1, 0.15) is 11.5 Å². The van der Waals surface area contributed by atoms with Crippen LogP contribution in [0.2, 0.25) is 0 Å². The second kappa shape index (κ2) is 5.77. The van der Waals surface area contributed by atoms with Gasteiger partial charge in [0, 0.05) is 13.1 Å². The van der Waals surface area contributed by atoms with Gasteiger partial charge in [-0.2, -0.15) is 0 Å². The van der Waals surface area contributed by atoms with Crippen molar-refractivity contribution in [1.82, 2.24) is 9.88 Å². The number of pyridine rings is 1. The number of likely N-dealkylation sites (tertiary alicyclic amines) is 1. The van der Waals surface area contributed by atoms with E-state index in [1.807, 2.05) is 0 Å². The van der Waals surface area contributed by atoms with Crippen LogP contribution in [-0.4, -0.2) is 42.0 Å². The lowest BCUT2D eigenvalue weighted by atomic mass is 9.98. The summed E-state index contributed by atoms with van der Waals surface area (Å²) in [5.74, 6) is -1.36. The summed E-state index contributed by atoms with van der Waals surface area (Å²) in [7, 11) is 1.34. The van der Waals surface area contributed by atoms with Crippen molar-refractivity contribution in [2.75, 3.05) is 20.2 Å². The molecule has 1 unspecified atom stereocenters.